The van der Waals surface area contributed by atoms with E-state index in [0.29, 0.717) is 0 Å². The van der Waals surface area contributed by atoms with E-state index >= 15 is 0 Å². The number of esters is 1. The van der Waals surface area contributed by atoms with Gasteiger partial charge in [0.15, 0.2) is 16.9 Å². The van der Waals surface area contributed by atoms with Gasteiger partial charge in [-0.15, -0.1) is 11.3 Å². The van der Waals surface area contributed by atoms with Crippen LogP contribution in [0.3, 0.4) is 0 Å². The fourth-order valence-electron chi connectivity index (χ4n) is 2.22. The molecule has 2 amide bonds. The molecule has 1 aromatic heterocycles. The molecule has 2 rings (SSSR count). The number of aromatic nitrogens is 1. The van der Waals surface area contributed by atoms with Crippen molar-refractivity contribution in [1.82, 2.24) is 14.6 Å². The maximum absolute atomic E-state index is 12.7. The van der Waals surface area contributed by atoms with Gasteiger partial charge in [0.1, 0.15) is 11.7 Å². The molecular formula is C14H17N5Na2O10S2. The number of oxime groups is 1. The second-order valence-corrected chi connectivity index (χ2v) is 8.63. The molecule has 0 unspecified atom stereocenters. The number of thiazole rings is 1. The molecule has 19 heteroatoms. The number of carboxylic acids is 1. The van der Waals surface area contributed by atoms with Crippen molar-refractivity contribution in [2.24, 2.45) is 5.16 Å². The number of carbonyl (C=O) groups excluding carboxylic acids is 3. The number of nitrogens with zero attached hydrogens (tertiary/aromatic N) is 3. The summed E-state index contributed by atoms with van der Waals surface area (Å²) in [6, 6.07) is -3.62. The minimum absolute atomic E-state index is 0. The number of nitrogens with one attached hydrogen (secondary N) is 1. The SMILES string of the molecule is COC(=O)[C@@H]1[C@H](NC(=O)C(=NOC(C)(C)C(=O)O)c2csc(N)n2)C(=O)N1S(=O)(=O)O.[Na].[Na]. The zero-order chi connectivity index (χ0) is 23.7. The summed E-state index contributed by atoms with van der Waals surface area (Å²) in [5.74, 6) is -5.14. The number of anilines is 1. The van der Waals surface area contributed by atoms with Gasteiger partial charge in [0.05, 0.1) is 7.11 Å². The van der Waals surface area contributed by atoms with Crippen molar-refractivity contribution in [3.63, 3.8) is 0 Å². The minimum atomic E-state index is -5.11. The Bertz CT molecular complexity index is 1070. The number of methoxy groups -OCH3 is 1. The molecule has 0 aromatic carbocycles. The van der Waals surface area contributed by atoms with Gasteiger partial charge in [-0.3, -0.25) is 14.1 Å². The Kier molecular flexibility index (Phi) is 11.4. The van der Waals surface area contributed by atoms with Crippen LogP contribution in [-0.4, -0.2) is 141 Å². The summed E-state index contributed by atoms with van der Waals surface area (Å²) in [5.41, 5.74) is 2.92. The fourth-order valence-corrected chi connectivity index (χ4v) is 3.61. The average Bonchev–Trinajstić information content (AvgIpc) is 3.07. The molecule has 2 heterocycles. The van der Waals surface area contributed by atoms with E-state index in [0.717, 1.165) is 32.3 Å². The standard InChI is InChI=1S/C14H17N5O10S2.2Na/c1-14(2,12(23)24)29-18-6(5-4-30-13(15)16-5)9(20)17-7-8(11(22)28-3)19(10(7)21)31(25,26)27;;/h4,7-8H,1-3H3,(H2,15,16)(H,17,20)(H,23,24)(H,25,26,27);;/t7-,8-;;/m0../s1. The molecule has 1 aromatic rings. The average molecular weight is 525 g/mol. The molecule has 0 bridgehead atoms. The Hall–Kier alpha value is -1.31. The summed E-state index contributed by atoms with van der Waals surface area (Å²) in [5, 5.41) is 16.0. The summed E-state index contributed by atoms with van der Waals surface area (Å²) in [4.78, 5) is 56.6. The van der Waals surface area contributed by atoms with Gasteiger partial charge in [-0.05, 0) is 13.8 Å². The number of hydrogen-bond donors (Lipinski definition) is 4. The van der Waals surface area contributed by atoms with Crippen LogP contribution in [0.25, 0.3) is 0 Å². The third kappa shape index (κ3) is 7.09. The number of carboxylic acid groups (broad SMARTS) is 1. The van der Waals surface area contributed by atoms with E-state index in [2.05, 4.69) is 20.2 Å². The van der Waals surface area contributed by atoms with Gasteiger partial charge in [0, 0.05) is 64.5 Å². The third-order valence-corrected chi connectivity index (χ3v) is 5.47. The largest absolute Gasteiger partial charge is 0.478 e. The van der Waals surface area contributed by atoms with Gasteiger partial charge in [-0.2, -0.15) is 12.7 Å². The zero-order valence-corrected chi connectivity index (χ0v) is 23.8. The molecule has 1 saturated heterocycles. The van der Waals surface area contributed by atoms with E-state index in [4.69, 9.17) is 20.2 Å². The van der Waals surface area contributed by atoms with Crippen molar-refractivity contribution in [3.05, 3.63) is 11.1 Å². The monoisotopic (exact) mass is 525 g/mol. The third-order valence-electron chi connectivity index (χ3n) is 3.89. The van der Waals surface area contributed by atoms with Crippen molar-refractivity contribution in [3.8, 4) is 0 Å². The van der Waals surface area contributed by atoms with Crippen LogP contribution >= 0.6 is 11.3 Å². The van der Waals surface area contributed by atoms with Crippen molar-refractivity contribution in [2.75, 3.05) is 12.8 Å². The Morgan fingerprint density at radius 2 is 1.91 bits per heavy atom. The number of amides is 2. The predicted octanol–water partition coefficient (Wildman–Crippen LogP) is -2.78. The number of β-lactam (4-membered cyclic amide) rings is 1. The van der Waals surface area contributed by atoms with Crippen LogP contribution in [0.1, 0.15) is 19.5 Å². The van der Waals surface area contributed by atoms with E-state index in [9.17, 15) is 27.6 Å². The molecule has 1 fully saturated rings. The fraction of sp³-hybridized carbons (Fsp3) is 0.429. The summed E-state index contributed by atoms with van der Waals surface area (Å²) in [7, 11) is -4.21. The molecule has 33 heavy (non-hydrogen) atoms. The first-order valence-electron chi connectivity index (χ1n) is 8.11. The summed E-state index contributed by atoms with van der Waals surface area (Å²) in [6.45, 7) is 2.30. The Morgan fingerprint density at radius 1 is 1.33 bits per heavy atom. The van der Waals surface area contributed by atoms with Gasteiger partial charge in [0.2, 0.25) is 5.60 Å². The molecule has 2 atom stereocenters. The van der Waals surface area contributed by atoms with E-state index in [-0.39, 0.29) is 74.2 Å². The maximum atomic E-state index is 12.7. The molecule has 172 valence electrons. The van der Waals surface area contributed by atoms with Crippen molar-refractivity contribution in [2.45, 2.75) is 31.5 Å². The van der Waals surface area contributed by atoms with Crippen LogP contribution in [0.4, 0.5) is 5.13 Å². The molecular weight excluding hydrogens is 508 g/mol. The van der Waals surface area contributed by atoms with Crippen LogP contribution in [-0.2, 0) is 39.1 Å². The first kappa shape index (κ1) is 31.7. The molecule has 0 aliphatic carbocycles. The summed E-state index contributed by atoms with van der Waals surface area (Å²) in [6.07, 6.45) is 0. The van der Waals surface area contributed by atoms with Crippen LogP contribution < -0.4 is 11.1 Å². The van der Waals surface area contributed by atoms with Gasteiger partial charge in [-0.25, -0.2) is 14.6 Å². The second kappa shape index (κ2) is 11.9. The van der Waals surface area contributed by atoms with Crippen LogP contribution in [0.2, 0.25) is 0 Å². The van der Waals surface area contributed by atoms with Crippen molar-refractivity contribution in [1.29, 1.82) is 0 Å². The smallest absolute Gasteiger partial charge is 0.363 e. The first-order chi connectivity index (χ1) is 14.2. The number of aliphatic carboxylic acids is 1. The van der Waals surface area contributed by atoms with Gasteiger partial charge >= 0.3 is 22.2 Å². The van der Waals surface area contributed by atoms with E-state index in [1.165, 1.54) is 5.38 Å². The maximum Gasteiger partial charge on any atom is 0.363 e. The molecule has 1 aliphatic rings. The number of nitrogen functional groups attached to an aromatic ring is 1. The molecule has 0 saturated carbocycles. The topological polar surface area (TPSA) is 228 Å². The molecule has 15 nitrogen and oxygen atoms in total. The van der Waals surface area contributed by atoms with E-state index in [1.807, 2.05) is 0 Å². The zero-order valence-electron chi connectivity index (χ0n) is 18.1. The normalized spacial score (nSPS) is 18.2. The molecule has 2 radical (unpaired) electrons. The van der Waals surface area contributed by atoms with Crippen LogP contribution in [0, 0.1) is 0 Å². The van der Waals surface area contributed by atoms with Crippen LogP contribution in [0.5, 0.6) is 0 Å². The Balaban J connectivity index is 0.00000512. The number of carbonyl (C=O) groups is 4. The Morgan fingerprint density at radius 3 is 2.33 bits per heavy atom. The van der Waals surface area contributed by atoms with Crippen LogP contribution in [0.15, 0.2) is 10.5 Å². The van der Waals surface area contributed by atoms with Crippen molar-refractivity contribution >= 4 is 115 Å². The number of nitrogens with two attached hydrogens (primary N) is 1. The summed E-state index contributed by atoms with van der Waals surface area (Å²) < 4.78 is 36.0. The first-order valence-corrected chi connectivity index (χ1v) is 10.4. The predicted molar refractivity (Wildman–Crippen MR) is 114 cm³/mol. The van der Waals surface area contributed by atoms with Crippen molar-refractivity contribution < 1.29 is 46.8 Å². The molecule has 1 aliphatic heterocycles. The molecule has 5 N–H and O–H groups in total. The number of ether oxygens (including phenoxy) is 1. The number of hydrogen-bond acceptors (Lipinski definition) is 12. The van der Waals surface area contributed by atoms with Gasteiger partial charge in [-0.1, -0.05) is 5.16 Å². The van der Waals surface area contributed by atoms with Gasteiger partial charge in [0.25, 0.3) is 11.8 Å². The summed E-state index contributed by atoms with van der Waals surface area (Å²) >= 11 is 0.914. The minimum Gasteiger partial charge on any atom is -0.478 e. The van der Waals surface area contributed by atoms with Gasteiger partial charge < -0.3 is 25.7 Å². The number of rotatable bonds is 8. The van der Waals surface area contributed by atoms with E-state index < -0.39 is 57.5 Å². The van der Waals surface area contributed by atoms with E-state index in [1.54, 1.807) is 0 Å². The second-order valence-electron chi connectivity index (χ2n) is 6.45. The Labute approximate surface area is 235 Å². The molecule has 0 spiro atoms. The quantitative estimate of drug-likeness (QED) is 0.0675.